The lowest BCUT2D eigenvalue weighted by Crippen LogP contribution is -2.53. The lowest BCUT2D eigenvalue weighted by atomic mass is 9.49. The molecule has 0 spiro atoms. The van der Waals surface area contributed by atoms with Gasteiger partial charge in [-0.3, -0.25) is 34.3 Å². The van der Waals surface area contributed by atoms with Crippen molar-refractivity contribution in [2.45, 2.75) is 43.2 Å². The number of carboxylic acid groups (broad SMARTS) is 1. The number of halogens is 5. The van der Waals surface area contributed by atoms with Crippen LogP contribution in [0.4, 0.5) is 19.0 Å². The molecule has 11 nitrogen and oxygen atoms in total. The lowest BCUT2D eigenvalue weighted by Gasteiger charge is -2.50. The summed E-state index contributed by atoms with van der Waals surface area (Å²) in [7, 11) is 0. The molecule has 0 bridgehead atoms. The minimum absolute atomic E-state index is 0.0498. The van der Waals surface area contributed by atoms with Crippen molar-refractivity contribution in [2.24, 2.45) is 23.7 Å². The van der Waals surface area contributed by atoms with Gasteiger partial charge < -0.3 is 10.2 Å². The highest BCUT2D eigenvalue weighted by molar-refractivity contribution is 6.33. The summed E-state index contributed by atoms with van der Waals surface area (Å²) < 4.78 is 40.2. The summed E-state index contributed by atoms with van der Waals surface area (Å²) in [4.78, 5) is 73.4. The number of fused-ring (bicyclic) bond motifs is 4. The van der Waals surface area contributed by atoms with E-state index in [1.165, 1.54) is 18.2 Å². The predicted molar refractivity (Wildman–Crippen MR) is 179 cm³/mol. The molecule has 52 heavy (non-hydrogen) atoms. The molecular weight excluding hydrogens is 728 g/mol. The zero-order chi connectivity index (χ0) is 37.3. The van der Waals surface area contributed by atoms with E-state index < -0.39 is 87.2 Å². The van der Waals surface area contributed by atoms with Gasteiger partial charge >= 0.3 is 12.1 Å². The number of benzene rings is 2. The quantitative estimate of drug-likeness (QED) is 0.186. The van der Waals surface area contributed by atoms with E-state index in [-0.39, 0.29) is 43.5 Å². The normalized spacial score (nSPS) is 26.9. The SMILES string of the molecule is O=C(O)CCCN1C(=O)[C@H]2[C@H](CC=C3[C@H]2C[C@H]2C(=O)N(Nc4ncc(C(F)(F)F)cc4Cl)C(=O)[C@@]2(c2ccc(Cl)cc2)[C@H]3c2ccccc2O)C1=O. The fourth-order valence-electron chi connectivity index (χ4n) is 8.53. The number of hydrogen-bond donors (Lipinski definition) is 3. The first kappa shape index (κ1) is 35.5. The highest BCUT2D eigenvalue weighted by Gasteiger charge is 2.70. The van der Waals surface area contributed by atoms with Crippen molar-refractivity contribution >= 4 is 58.6 Å². The Morgan fingerprint density at radius 1 is 1.00 bits per heavy atom. The van der Waals surface area contributed by atoms with Gasteiger partial charge in [-0.15, -0.1) is 0 Å². The maximum Gasteiger partial charge on any atom is 0.417 e. The van der Waals surface area contributed by atoms with E-state index >= 15 is 4.79 Å². The number of nitrogens with one attached hydrogen (secondary N) is 1. The molecule has 3 N–H and O–H groups in total. The molecular formula is C36H29Cl2F3N4O7. The fraction of sp³-hybridized carbons (Fsp3) is 0.333. The van der Waals surface area contributed by atoms with Crippen molar-refractivity contribution in [1.29, 1.82) is 0 Å². The van der Waals surface area contributed by atoms with Gasteiger partial charge in [-0.05, 0) is 55.0 Å². The molecule has 6 atom stereocenters. The minimum Gasteiger partial charge on any atom is -0.508 e. The van der Waals surface area contributed by atoms with Crippen LogP contribution >= 0.6 is 23.2 Å². The van der Waals surface area contributed by atoms with Gasteiger partial charge in [0.25, 0.3) is 11.8 Å². The molecule has 1 aromatic heterocycles. The number of hydrazine groups is 1. The van der Waals surface area contributed by atoms with Crippen LogP contribution in [-0.2, 0) is 35.6 Å². The van der Waals surface area contributed by atoms with Crippen LogP contribution in [0.5, 0.6) is 5.75 Å². The second-order valence-corrected chi connectivity index (χ2v) is 14.1. The predicted octanol–water partition coefficient (Wildman–Crippen LogP) is 5.96. The van der Waals surface area contributed by atoms with Crippen LogP contribution in [0.1, 0.15) is 48.3 Å². The Hall–Kier alpha value is -4.95. The number of alkyl halides is 3. The van der Waals surface area contributed by atoms with Crippen LogP contribution in [0.25, 0.3) is 0 Å². The van der Waals surface area contributed by atoms with Crippen LogP contribution < -0.4 is 5.43 Å². The van der Waals surface area contributed by atoms with Crippen LogP contribution in [0.2, 0.25) is 10.0 Å². The number of aliphatic carboxylic acids is 1. The van der Waals surface area contributed by atoms with Crippen LogP contribution in [-0.4, -0.2) is 61.2 Å². The van der Waals surface area contributed by atoms with Gasteiger partial charge in [0, 0.05) is 35.7 Å². The summed E-state index contributed by atoms with van der Waals surface area (Å²) in [5.74, 6) is -9.08. The summed E-state index contributed by atoms with van der Waals surface area (Å²) in [6.07, 6.45) is -2.66. The second-order valence-electron chi connectivity index (χ2n) is 13.3. The first-order valence-corrected chi connectivity index (χ1v) is 17.1. The number of imide groups is 2. The van der Waals surface area contributed by atoms with E-state index in [1.807, 2.05) is 0 Å². The highest BCUT2D eigenvalue weighted by Crippen LogP contribution is 2.65. The van der Waals surface area contributed by atoms with Gasteiger partial charge in [0.2, 0.25) is 11.8 Å². The number of anilines is 1. The molecule has 270 valence electrons. The third kappa shape index (κ3) is 5.50. The first-order valence-electron chi connectivity index (χ1n) is 16.3. The van der Waals surface area contributed by atoms with Crippen molar-refractivity contribution in [2.75, 3.05) is 12.0 Å². The maximum atomic E-state index is 15.1. The van der Waals surface area contributed by atoms with Gasteiger partial charge in [-0.2, -0.15) is 18.2 Å². The summed E-state index contributed by atoms with van der Waals surface area (Å²) in [5.41, 5.74) is 0.772. The lowest BCUT2D eigenvalue weighted by molar-refractivity contribution is -0.142. The molecule has 1 saturated carbocycles. The zero-order valence-electron chi connectivity index (χ0n) is 26.9. The highest BCUT2D eigenvalue weighted by atomic mass is 35.5. The van der Waals surface area contributed by atoms with Crippen molar-refractivity contribution in [3.05, 3.63) is 99.2 Å². The number of rotatable bonds is 8. The number of likely N-dealkylation sites (tertiary alicyclic amines) is 1. The Kier molecular flexibility index (Phi) is 8.81. The zero-order valence-corrected chi connectivity index (χ0v) is 28.5. The smallest absolute Gasteiger partial charge is 0.417 e. The number of phenols is 1. The number of amides is 4. The van der Waals surface area contributed by atoms with Crippen LogP contribution in [0.3, 0.4) is 0 Å². The molecule has 3 heterocycles. The largest absolute Gasteiger partial charge is 0.508 e. The summed E-state index contributed by atoms with van der Waals surface area (Å²) in [5, 5.41) is 21.0. The van der Waals surface area contributed by atoms with Crippen LogP contribution in [0, 0.1) is 23.7 Å². The van der Waals surface area contributed by atoms with E-state index in [9.17, 15) is 37.5 Å². The van der Waals surface area contributed by atoms with Gasteiger partial charge in [-0.1, -0.05) is 65.2 Å². The maximum absolute atomic E-state index is 15.1. The molecule has 3 fully saturated rings. The number of carboxylic acids is 1. The van der Waals surface area contributed by atoms with Crippen LogP contribution in [0.15, 0.2) is 72.4 Å². The summed E-state index contributed by atoms with van der Waals surface area (Å²) in [6.45, 7) is -0.101. The Balaban J connectivity index is 1.38. The Labute approximate surface area is 304 Å². The van der Waals surface area contributed by atoms with Crippen molar-refractivity contribution < 1.29 is 47.4 Å². The number of hydrogen-bond acceptors (Lipinski definition) is 8. The van der Waals surface area contributed by atoms with Crippen molar-refractivity contribution in [1.82, 2.24) is 14.9 Å². The van der Waals surface area contributed by atoms with E-state index in [2.05, 4.69) is 10.4 Å². The fourth-order valence-corrected chi connectivity index (χ4v) is 8.87. The molecule has 4 amide bonds. The number of aromatic nitrogens is 1. The molecule has 16 heteroatoms. The molecule has 2 aliphatic heterocycles. The number of allylic oxidation sites excluding steroid dienone is 2. The van der Waals surface area contributed by atoms with Gasteiger partial charge in [0.1, 0.15) is 5.75 Å². The number of para-hydroxylation sites is 1. The monoisotopic (exact) mass is 756 g/mol. The molecule has 0 radical (unpaired) electrons. The Morgan fingerprint density at radius 2 is 1.71 bits per heavy atom. The summed E-state index contributed by atoms with van der Waals surface area (Å²) in [6, 6.07) is 13.1. The molecule has 2 saturated heterocycles. The number of pyridine rings is 1. The number of aromatic hydroxyl groups is 1. The molecule has 7 rings (SSSR count). The second kappa shape index (κ2) is 12.9. The standard InChI is InChI=1S/C36H29Cl2F3N4O7/c37-19-9-7-17(8-10-19)35-24(32(50)45(34(35)52)43-30-25(38)14-18(16-42-30)36(39,40)41)15-23-20(29(35)21-4-1-2-5-26(21)46)11-12-22-28(23)33(51)44(31(22)49)13-3-6-27(47)48/h1-2,4-5,7-11,14,16,22-24,28-29,46H,3,6,12-13,15H2,(H,42,43)(H,47,48)/t22-,23+,24-,28-,29+,35+/m0/s1. The Bertz CT molecular complexity index is 2060. The van der Waals surface area contributed by atoms with Crippen molar-refractivity contribution in [3.8, 4) is 5.75 Å². The average molecular weight is 758 g/mol. The number of carbonyl (C=O) groups is 5. The Morgan fingerprint density at radius 3 is 2.37 bits per heavy atom. The van der Waals surface area contributed by atoms with Crippen molar-refractivity contribution in [3.63, 3.8) is 0 Å². The van der Waals surface area contributed by atoms with Gasteiger partial charge in [0.15, 0.2) is 5.82 Å². The van der Waals surface area contributed by atoms with E-state index in [4.69, 9.17) is 28.3 Å². The number of phenolic OH excluding ortho intramolecular Hbond substituents is 1. The topological polar surface area (TPSA) is 157 Å². The number of carbonyl (C=O) groups excluding carboxylic acids is 4. The van der Waals surface area contributed by atoms with E-state index in [0.29, 0.717) is 33.4 Å². The molecule has 4 aliphatic rings. The van der Waals surface area contributed by atoms with Gasteiger partial charge in [0.05, 0.1) is 33.8 Å². The first-order chi connectivity index (χ1) is 24.7. The molecule has 3 aromatic rings. The molecule has 2 aliphatic carbocycles. The van der Waals surface area contributed by atoms with E-state index in [0.717, 1.165) is 4.90 Å². The van der Waals surface area contributed by atoms with Gasteiger partial charge in [-0.25, -0.2) is 4.98 Å². The third-order valence-corrected chi connectivity index (χ3v) is 11.2. The average Bonchev–Trinajstić information content (AvgIpc) is 3.46. The molecule has 2 aromatic carbocycles. The third-order valence-electron chi connectivity index (χ3n) is 10.7. The molecule has 0 unspecified atom stereocenters. The summed E-state index contributed by atoms with van der Waals surface area (Å²) >= 11 is 12.5. The van der Waals surface area contributed by atoms with E-state index in [1.54, 1.807) is 36.4 Å². The minimum atomic E-state index is -4.76. The number of nitrogens with zero attached hydrogens (tertiary/aromatic N) is 3.